The van der Waals surface area contributed by atoms with Gasteiger partial charge in [0.2, 0.25) is 0 Å². The summed E-state index contributed by atoms with van der Waals surface area (Å²) >= 11 is 6.00. The minimum Gasteiger partial charge on any atom is -0.346 e. The smallest absolute Gasteiger partial charge is 0.275 e. The lowest BCUT2D eigenvalue weighted by Gasteiger charge is -2.22. The zero-order valence-electron chi connectivity index (χ0n) is 11.7. The van der Waals surface area contributed by atoms with Gasteiger partial charge in [-0.3, -0.25) is 4.79 Å². The summed E-state index contributed by atoms with van der Waals surface area (Å²) in [4.78, 5) is 13.3. The Morgan fingerprint density at radius 1 is 1.10 bits per heavy atom. The van der Waals surface area contributed by atoms with Crippen LogP contribution in [0.2, 0.25) is 0 Å². The summed E-state index contributed by atoms with van der Waals surface area (Å²) in [5.74, 6) is -0.133. The molecule has 2 saturated heterocycles. The fraction of sp³-hybridized carbons (Fsp3) is 0.923. The maximum absolute atomic E-state index is 12.0. The molecule has 2 N–H and O–H groups in total. The number of nitrogens with one attached hydrogen (secondary N) is 2. The third-order valence-corrected chi connectivity index (χ3v) is 6.48. The number of carbonyl (C=O) groups excluding carboxylic acids is 1. The summed E-state index contributed by atoms with van der Waals surface area (Å²) < 4.78 is 22.9. The lowest BCUT2D eigenvalue weighted by atomic mass is 10.1. The molecule has 2 aliphatic rings. The monoisotopic (exact) mass is 323 g/mol. The van der Waals surface area contributed by atoms with Crippen LogP contribution in [0.4, 0.5) is 0 Å². The Hall–Kier alpha value is -0.330. The van der Waals surface area contributed by atoms with E-state index in [0.717, 1.165) is 13.1 Å². The Balaban J connectivity index is 1.79. The summed E-state index contributed by atoms with van der Waals surface area (Å²) in [6.07, 6.45) is 6.12. The largest absolute Gasteiger partial charge is 0.346 e. The second-order valence-electron chi connectivity index (χ2n) is 5.96. The number of amides is 1. The first-order chi connectivity index (χ1) is 9.46. The third-order valence-electron chi connectivity index (χ3n) is 4.10. The van der Waals surface area contributed by atoms with E-state index in [4.69, 9.17) is 11.6 Å². The molecule has 7 heteroatoms. The Kier molecular flexibility index (Phi) is 5.69. The van der Waals surface area contributed by atoms with Crippen molar-refractivity contribution < 1.29 is 18.1 Å². The zero-order chi connectivity index (χ0) is 14.6. The Morgan fingerprint density at radius 2 is 1.70 bits per heavy atom. The Morgan fingerprint density at radius 3 is 2.25 bits per heavy atom. The SMILES string of the molecule is O=C(C[NH+]1CCCCCCC1)N[C@@H]1CS(=O)(=O)C[C@@H]1Cl. The van der Waals surface area contributed by atoms with Crippen LogP contribution in [0.25, 0.3) is 0 Å². The van der Waals surface area contributed by atoms with Crippen LogP contribution in [-0.2, 0) is 14.6 Å². The van der Waals surface area contributed by atoms with Crippen LogP contribution in [0, 0.1) is 0 Å². The normalized spacial score (nSPS) is 31.4. The van der Waals surface area contributed by atoms with Gasteiger partial charge in [-0.2, -0.15) is 0 Å². The molecular weight excluding hydrogens is 300 g/mol. The molecule has 2 heterocycles. The third kappa shape index (κ3) is 4.90. The topological polar surface area (TPSA) is 67.7 Å². The predicted molar refractivity (Wildman–Crippen MR) is 78.9 cm³/mol. The number of hydrogen-bond donors (Lipinski definition) is 2. The van der Waals surface area contributed by atoms with Crippen LogP contribution in [0.3, 0.4) is 0 Å². The molecule has 2 aliphatic heterocycles. The van der Waals surface area contributed by atoms with E-state index in [1.54, 1.807) is 0 Å². The lowest BCUT2D eigenvalue weighted by molar-refractivity contribution is -0.893. The van der Waals surface area contributed by atoms with E-state index in [-0.39, 0.29) is 17.4 Å². The molecule has 0 aromatic carbocycles. The number of quaternary nitrogens is 1. The molecule has 0 saturated carbocycles. The Labute approximate surface area is 126 Å². The van der Waals surface area contributed by atoms with Crippen LogP contribution in [0.5, 0.6) is 0 Å². The molecule has 0 aromatic rings. The highest BCUT2D eigenvalue weighted by Crippen LogP contribution is 2.17. The second-order valence-corrected chi connectivity index (χ2v) is 8.68. The molecule has 20 heavy (non-hydrogen) atoms. The fourth-order valence-electron chi connectivity index (χ4n) is 3.00. The minimum atomic E-state index is -3.09. The van der Waals surface area contributed by atoms with Gasteiger partial charge in [-0.1, -0.05) is 6.42 Å². The van der Waals surface area contributed by atoms with Crippen molar-refractivity contribution in [2.45, 2.75) is 43.5 Å². The number of halogens is 1. The first-order valence-corrected chi connectivity index (χ1v) is 9.69. The molecule has 0 aromatic heterocycles. The highest BCUT2D eigenvalue weighted by atomic mass is 35.5. The number of rotatable bonds is 3. The van der Waals surface area contributed by atoms with E-state index in [2.05, 4.69) is 5.32 Å². The molecule has 2 fully saturated rings. The van der Waals surface area contributed by atoms with Crippen molar-refractivity contribution in [1.82, 2.24) is 5.32 Å². The molecule has 116 valence electrons. The van der Waals surface area contributed by atoms with Crippen molar-refractivity contribution in [2.75, 3.05) is 31.1 Å². The van der Waals surface area contributed by atoms with Crippen LogP contribution >= 0.6 is 11.6 Å². The van der Waals surface area contributed by atoms with Crippen LogP contribution in [-0.4, -0.2) is 56.9 Å². The molecular formula is C13H24ClN2O3S+. The molecule has 0 unspecified atom stereocenters. The van der Waals surface area contributed by atoms with Crippen molar-refractivity contribution >= 4 is 27.3 Å². The number of carbonyl (C=O) groups is 1. The predicted octanol–water partition coefficient (Wildman–Crippen LogP) is -0.644. The molecule has 0 spiro atoms. The molecule has 1 amide bonds. The summed E-state index contributed by atoms with van der Waals surface area (Å²) in [6, 6.07) is -0.427. The first kappa shape index (κ1) is 16.0. The lowest BCUT2D eigenvalue weighted by Crippen LogP contribution is -3.13. The van der Waals surface area contributed by atoms with Crippen LogP contribution in [0.1, 0.15) is 32.1 Å². The average Bonchev–Trinajstić information content (AvgIpc) is 2.55. The molecule has 2 atom stereocenters. The van der Waals surface area contributed by atoms with E-state index in [1.807, 2.05) is 0 Å². The van der Waals surface area contributed by atoms with Gasteiger partial charge >= 0.3 is 0 Å². The number of hydrogen-bond acceptors (Lipinski definition) is 3. The van der Waals surface area contributed by atoms with Crippen LogP contribution in [0.15, 0.2) is 0 Å². The van der Waals surface area contributed by atoms with Crippen LogP contribution < -0.4 is 10.2 Å². The van der Waals surface area contributed by atoms with Gasteiger partial charge in [0, 0.05) is 0 Å². The van der Waals surface area contributed by atoms with E-state index in [0.29, 0.717) is 6.54 Å². The summed E-state index contributed by atoms with van der Waals surface area (Å²) in [6.45, 7) is 2.49. The average molecular weight is 324 g/mol. The molecule has 0 radical (unpaired) electrons. The standard InChI is InChI=1S/C13H23ClN2O3S/c14-11-9-20(18,19)10-12(11)15-13(17)8-16-6-4-2-1-3-5-7-16/h11-12H,1-10H2,(H,15,17)/p+1/t11-,12+/m0/s1. The van der Waals surface area contributed by atoms with Gasteiger partial charge in [-0.05, 0) is 25.7 Å². The summed E-state index contributed by atoms with van der Waals surface area (Å²) in [5.41, 5.74) is 0. The van der Waals surface area contributed by atoms with E-state index >= 15 is 0 Å². The molecule has 2 rings (SSSR count). The Bertz CT molecular complexity index is 433. The highest BCUT2D eigenvalue weighted by Gasteiger charge is 2.37. The van der Waals surface area contributed by atoms with Crippen molar-refractivity contribution in [2.24, 2.45) is 0 Å². The second kappa shape index (κ2) is 7.09. The number of sulfone groups is 1. The van der Waals surface area contributed by atoms with Gasteiger partial charge in [0.25, 0.3) is 5.91 Å². The van der Waals surface area contributed by atoms with Crippen molar-refractivity contribution in [3.63, 3.8) is 0 Å². The highest BCUT2D eigenvalue weighted by molar-refractivity contribution is 7.91. The fourth-order valence-corrected chi connectivity index (χ4v) is 5.55. The molecule has 0 aliphatic carbocycles. The number of likely N-dealkylation sites (tertiary alicyclic amines) is 1. The van der Waals surface area contributed by atoms with Gasteiger partial charge in [-0.25, -0.2) is 8.42 Å². The summed E-state index contributed by atoms with van der Waals surface area (Å²) in [7, 11) is -3.09. The van der Waals surface area contributed by atoms with E-state index < -0.39 is 21.3 Å². The van der Waals surface area contributed by atoms with Crippen molar-refractivity contribution in [1.29, 1.82) is 0 Å². The van der Waals surface area contributed by atoms with Gasteiger partial charge in [0.15, 0.2) is 16.4 Å². The molecule has 0 bridgehead atoms. The maximum atomic E-state index is 12.0. The first-order valence-electron chi connectivity index (χ1n) is 7.44. The number of alkyl halides is 1. The van der Waals surface area contributed by atoms with Gasteiger partial charge in [-0.15, -0.1) is 11.6 Å². The minimum absolute atomic E-state index is 0.0256. The van der Waals surface area contributed by atoms with E-state index in [9.17, 15) is 13.2 Å². The molecule has 5 nitrogen and oxygen atoms in total. The van der Waals surface area contributed by atoms with Gasteiger partial charge in [0.1, 0.15) is 0 Å². The van der Waals surface area contributed by atoms with Crippen molar-refractivity contribution in [3.8, 4) is 0 Å². The van der Waals surface area contributed by atoms with Gasteiger partial charge < -0.3 is 10.2 Å². The van der Waals surface area contributed by atoms with E-state index in [1.165, 1.54) is 37.0 Å². The van der Waals surface area contributed by atoms with Gasteiger partial charge in [0.05, 0.1) is 36.0 Å². The quantitative estimate of drug-likeness (QED) is 0.679. The maximum Gasteiger partial charge on any atom is 0.275 e. The summed E-state index contributed by atoms with van der Waals surface area (Å²) in [5, 5.41) is 2.30. The zero-order valence-corrected chi connectivity index (χ0v) is 13.3. The van der Waals surface area contributed by atoms with Crippen molar-refractivity contribution in [3.05, 3.63) is 0 Å².